The van der Waals surface area contributed by atoms with Crippen molar-refractivity contribution >= 4 is 70.3 Å². The number of aliphatic hydroxyl groups excluding tert-OH is 2. The van der Waals surface area contributed by atoms with E-state index in [1.807, 2.05) is 46.2 Å². The van der Waals surface area contributed by atoms with Gasteiger partial charge in [-0.3, -0.25) is 19.4 Å². The van der Waals surface area contributed by atoms with Crippen molar-refractivity contribution in [2.45, 2.75) is 101 Å². The van der Waals surface area contributed by atoms with Crippen molar-refractivity contribution in [3.05, 3.63) is 136 Å². The number of hydrogen-bond donors (Lipinski definition) is 6. The number of halogens is 4. The third-order valence-corrected chi connectivity index (χ3v) is 18.4. The molecule has 4 heterocycles. The molecule has 22 heteroatoms. The monoisotopic (exact) mass is 1230 g/mol. The number of urea groups is 2. The lowest BCUT2D eigenvalue weighted by Gasteiger charge is -2.37. The van der Waals surface area contributed by atoms with Crippen LogP contribution in [0.1, 0.15) is 116 Å². The number of carbonyl (C=O) groups excluding carboxylic acids is 4. The number of β-amino-alcohol motifs (C(OH)–C–C–N with tert-alkyl or cyclic N) is 2. The van der Waals surface area contributed by atoms with Crippen molar-refractivity contribution < 1.29 is 48.3 Å². The molecular formula is C62H78Cl4N8O10. The van der Waals surface area contributed by atoms with Crippen LogP contribution in [0.3, 0.4) is 0 Å². The highest BCUT2D eigenvalue weighted by atomic mass is 35.5. The highest BCUT2D eigenvalue weighted by Gasteiger charge is 2.39. The van der Waals surface area contributed by atoms with E-state index in [9.17, 15) is 29.4 Å². The van der Waals surface area contributed by atoms with Crippen LogP contribution in [-0.2, 0) is 44.9 Å². The lowest BCUT2D eigenvalue weighted by Crippen LogP contribution is -2.39. The molecule has 10 rings (SSSR count). The van der Waals surface area contributed by atoms with E-state index in [1.54, 1.807) is 0 Å². The van der Waals surface area contributed by atoms with Crippen LogP contribution in [0.5, 0.6) is 0 Å². The average molecular weight is 1240 g/mol. The summed E-state index contributed by atoms with van der Waals surface area (Å²) in [6.45, 7) is 9.33. The predicted octanol–water partition coefficient (Wildman–Crippen LogP) is 7.38. The van der Waals surface area contributed by atoms with Gasteiger partial charge in [-0.2, -0.15) is 0 Å². The van der Waals surface area contributed by atoms with Crippen LogP contribution in [0.2, 0.25) is 20.1 Å². The zero-order valence-electron chi connectivity index (χ0n) is 47.5. The number of unbranched alkanes of at least 4 members (excludes halogenated alkanes) is 1. The fraction of sp³-hybridized carbons (Fsp3) is 0.548. The maximum absolute atomic E-state index is 13.4. The van der Waals surface area contributed by atoms with Gasteiger partial charge >= 0.3 is 12.1 Å². The van der Waals surface area contributed by atoms with E-state index in [0.29, 0.717) is 162 Å². The lowest BCUT2D eigenvalue weighted by molar-refractivity contribution is 0.0377. The fourth-order valence-corrected chi connectivity index (χ4v) is 14.1. The van der Waals surface area contributed by atoms with Crippen molar-refractivity contribution in [2.75, 3.05) is 118 Å². The van der Waals surface area contributed by atoms with E-state index in [4.69, 9.17) is 65.4 Å². The maximum atomic E-state index is 13.4. The average Bonchev–Trinajstić information content (AvgIpc) is 2.22. The Morgan fingerprint density at radius 1 is 0.524 bits per heavy atom. The minimum Gasteiger partial charge on any atom is -0.392 e. The van der Waals surface area contributed by atoms with E-state index >= 15 is 0 Å². The second-order valence-corrected chi connectivity index (χ2v) is 24.6. The molecule has 6 atom stereocenters. The molecule has 6 aliphatic rings. The van der Waals surface area contributed by atoms with Gasteiger partial charge in [0, 0.05) is 134 Å². The SMILES string of the molecule is O=C(NCCCCNC(=O)NCCOCCOCCN1Cc2cc(C3CC(N4CC[C@@H](O)C4)Cc4c(Cl)cc(Cl)cc43)ccc2C1=O)NCCOCCOCCN1Cc2cc(C3CC(N4CC[C@@H](O)C4)Cc4c(Cl)cc(Cl)cc43)ccc2C1=O. The first-order chi connectivity index (χ1) is 40.8. The molecule has 84 heavy (non-hydrogen) atoms. The summed E-state index contributed by atoms with van der Waals surface area (Å²) >= 11 is 26.6. The van der Waals surface area contributed by atoms with Gasteiger partial charge in [0.2, 0.25) is 0 Å². The number of hydrogen-bond acceptors (Lipinski definition) is 12. The topological polar surface area (TPSA) is 207 Å². The molecule has 6 amide bonds. The van der Waals surface area contributed by atoms with Crippen LogP contribution in [0.4, 0.5) is 9.59 Å². The van der Waals surface area contributed by atoms with Crippen LogP contribution in [0.25, 0.3) is 0 Å². The lowest BCUT2D eigenvalue weighted by atomic mass is 9.75. The van der Waals surface area contributed by atoms with Crippen LogP contribution in [-0.4, -0.2) is 196 Å². The molecule has 6 N–H and O–H groups in total. The zero-order chi connectivity index (χ0) is 58.7. The summed E-state index contributed by atoms with van der Waals surface area (Å²) in [6, 6.07) is 19.9. The number of aliphatic hydroxyl groups is 2. The molecule has 4 aromatic carbocycles. The quantitative estimate of drug-likeness (QED) is 0.0324. The number of carbonyl (C=O) groups is 4. The Balaban J connectivity index is 0.513. The third-order valence-electron chi connectivity index (χ3n) is 17.3. The summed E-state index contributed by atoms with van der Waals surface area (Å²) in [6.07, 6.45) is 5.69. The summed E-state index contributed by atoms with van der Waals surface area (Å²) in [5.74, 6) is 0.102. The van der Waals surface area contributed by atoms with Gasteiger partial charge in [0.1, 0.15) is 0 Å². The zero-order valence-corrected chi connectivity index (χ0v) is 50.5. The number of benzene rings is 4. The molecule has 4 unspecified atom stereocenters. The Kier molecular flexibility index (Phi) is 22.0. The van der Waals surface area contributed by atoms with Crippen LogP contribution >= 0.6 is 46.4 Å². The molecule has 0 radical (unpaired) electrons. The minimum atomic E-state index is -0.304. The summed E-state index contributed by atoms with van der Waals surface area (Å²) < 4.78 is 22.9. The Morgan fingerprint density at radius 3 is 1.33 bits per heavy atom. The summed E-state index contributed by atoms with van der Waals surface area (Å²) in [5.41, 5.74) is 10.1. The summed E-state index contributed by atoms with van der Waals surface area (Å²) in [7, 11) is 0. The molecule has 2 saturated heterocycles. The first-order valence-corrected chi connectivity index (χ1v) is 31.3. The Bertz CT molecular complexity index is 2780. The van der Waals surface area contributed by atoms with Gasteiger partial charge in [0.25, 0.3) is 11.8 Å². The fourth-order valence-electron chi connectivity index (χ4n) is 13.0. The van der Waals surface area contributed by atoms with E-state index < -0.39 is 0 Å². The van der Waals surface area contributed by atoms with E-state index in [0.717, 1.165) is 96.1 Å². The standard InChI is InChI=1S/C62H78Cl4N8O10/c63-43-27-53-51(31-45(33-55(53)57(65)29-43)71-13-7-47(75)37-71)39-3-5-49-41(25-39)35-73(59(49)77)15-19-83-23-21-81-17-11-69-61(79)67-9-1-2-10-68-62(80)70-12-18-82-22-24-84-20-16-74-36-42-26-40(4-6-50(42)60(74)78)52-32-46(72-14-8-48(76)38-72)34-56-54(52)28-44(64)30-58(56)66/h3-6,25-30,45-48,51-52,75-76H,1-2,7-24,31-38H2,(H2,67,69,79)(H2,68,70,80)/t45?,46?,47-,48-,51?,52?/m1/s1. The van der Waals surface area contributed by atoms with Gasteiger partial charge in [-0.05, 0) is 132 Å². The Labute approximate surface area is 512 Å². The largest absolute Gasteiger partial charge is 0.392 e. The predicted molar refractivity (Wildman–Crippen MR) is 323 cm³/mol. The van der Waals surface area contributed by atoms with Crippen molar-refractivity contribution in [1.82, 2.24) is 40.9 Å². The van der Waals surface area contributed by atoms with Crippen molar-refractivity contribution in [3.8, 4) is 0 Å². The first-order valence-electron chi connectivity index (χ1n) is 29.7. The van der Waals surface area contributed by atoms with Gasteiger partial charge in [-0.25, -0.2) is 9.59 Å². The summed E-state index contributed by atoms with van der Waals surface area (Å²) in [4.78, 5) is 59.6. The highest BCUT2D eigenvalue weighted by Crippen LogP contribution is 2.46. The molecule has 2 aliphatic carbocycles. The normalized spacial score (nSPS) is 22.1. The molecule has 2 fully saturated rings. The Morgan fingerprint density at radius 2 is 0.929 bits per heavy atom. The van der Waals surface area contributed by atoms with E-state index in [-0.39, 0.29) is 60.0 Å². The molecule has 0 aromatic heterocycles. The number of fused-ring (bicyclic) bond motifs is 4. The molecule has 0 spiro atoms. The highest BCUT2D eigenvalue weighted by molar-refractivity contribution is 6.36. The molecule has 0 saturated carbocycles. The van der Waals surface area contributed by atoms with E-state index in [2.05, 4.69) is 55.3 Å². The van der Waals surface area contributed by atoms with Gasteiger partial charge < -0.3 is 60.2 Å². The number of likely N-dealkylation sites (tertiary alicyclic amines) is 2. The second kappa shape index (κ2) is 29.7. The number of ether oxygens (including phenoxy) is 4. The molecule has 4 aliphatic heterocycles. The van der Waals surface area contributed by atoms with Crippen molar-refractivity contribution in [3.63, 3.8) is 0 Å². The molecule has 18 nitrogen and oxygen atoms in total. The van der Waals surface area contributed by atoms with E-state index in [1.165, 1.54) is 0 Å². The first kappa shape index (κ1) is 62.3. The van der Waals surface area contributed by atoms with Gasteiger partial charge in [-0.1, -0.05) is 70.7 Å². The molecule has 4 aromatic rings. The van der Waals surface area contributed by atoms with Crippen LogP contribution in [0.15, 0.2) is 60.7 Å². The number of nitrogens with one attached hydrogen (secondary N) is 4. The second-order valence-electron chi connectivity index (χ2n) is 22.9. The Hall–Kier alpha value is -4.80. The van der Waals surface area contributed by atoms with Crippen molar-refractivity contribution in [2.24, 2.45) is 0 Å². The number of amides is 6. The maximum Gasteiger partial charge on any atom is 0.314 e. The molecule has 0 bridgehead atoms. The third kappa shape index (κ3) is 15.8. The molecular weight excluding hydrogens is 1160 g/mol. The van der Waals surface area contributed by atoms with Gasteiger partial charge in [0.15, 0.2) is 0 Å². The number of nitrogens with zero attached hydrogens (tertiary/aromatic N) is 4. The summed E-state index contributed by atoms with van der Waals surface area (Å²) in [5, 5.41) is 34.3. The number of rotatable bonds is 27. The van der Waals surface area contributed by atoms with Crippen LogP contribution < -0.4 is 21.3 Å². The smallest absolute Gasteiger partial charge is 0.314 e. The van der Waals surface area contributed by atoms with Gasteiger partial charge in [0.05, 0.1) is 65.1 Å². The van der Waals surface area contributed by atoms with Gasteiger partial charge in [-0.15, -0.1) is 0 Å². The van der Waals surface area contributed by atoms with Crippen molar-refractivity contribution in [1.29, 1.82) is 0 Å². The molecule has 454 valence electrons. The minimum absolute atomic E-state index is 0.0109. The van der Waals surface area contributed by atoms with Crippen LogP contribution in [0, 0.1) is 0 Å².